The lowest BCUT2D eigenvalue weighted by Crippen LogP contribution is -2.10. The summed E-state index contributed by atoms with van der Waals surface area (Å²) in [5.74, 6) is 3.09. The predicted octanol–water partition coefficient (Wildman–Crippen LogP) is 4.78. The van der Waals surface area contributed by atoms with Crippen LogP contribution in [0.25, 0.3) is 0 Å². The van der Waals surface area contributed by atoms with Crippen LogP contribution in [0.5, 0.6) is 17.2 Å². The van der Waals surface area contributed by atoms with Crippen molar-refractivity contribution in [1.29, 1.82) is 0 Å². The average Bonchev–Trinajstić information content (AvgIpc) is 2.73. The summed E-state index contributed by atoms with van der Waals surface area (Å²) in [4.78, 5) is 4.27. The van der Waals surface area contributed by atoms with Gasteiger partial charge in [-0.1, -0.05) is 18.2 Å². The van der Waals surface area contributed by atoms with Crippen molar-refractivity contribution in [3.63, 3.8) is 0 Å². The van der Waals surface area contributed by atoms with Gasteiger partial charge < -0.3 is 19.5 Å². The highest BCUT2D eigenvalue weighted by atomic mass is 16.5. The summed E-state index contributed by atoms with van der Waals surface area (Å²) in [6.07, 6.45) is 1.76. The highest BCUT2D eigenvalue weighted by molar-refractivity contribution is 5.44. The third kappa shape index (κ3) is 5.39. The summed E-state index contributed by atoms with van der Waals surface area (Å²) in [7, 11) is 1.64. The monoisotopic (exact) mass is 378 g/mol. The van der Waals surface area contributed by atoms with E-state index in [1.54, 1.807) is 13.3 Å². The molecule has 5 heteroatoms. The lowest BCUT2D eigenvalue weighted by Gasteiger charge is -2.14. The molecule has 0 spiro atoms. The fourth-order valence-corrected chi connectivity index (χ4v) is 2.72. The lowest BCUT2D eigenvalue weighted by atomic mass is 10.1. The number of rotatable bonds is 9. The maximum absolute atomic E-state index is 5.90. The van der Waals surface area contributed by atoms with E-state index in [0.29, 0.717) is 31.3 Å². The third-order valence-electron chi connectivity index (χ3n) is 4.45. The Hall–Kier alpha value is -3.21. The summed E-state index contributed by atoms with van der Waals surface area (Å²) < 4.78 is 17.1. The molecule has 0 aliphatic carbocycles. The second-order valence-electron chi connectivity index (χ2n) is 6.50. The Bertz CT molecular complexity index is 898. The molecule has 0 radical (unpaired) electrons. The van der Waals surface area contributed by atoms with Crippen LogP contribution in [0.4, 0.5) is 5.82 Å². The van der Waals surface area contributed by atoms with Gasteiger partial charge in [-0.3, -0.25) is 0 Å². The summed E-state index contributed by atoms with van der Waals surface area (Å²) in [6, 6.07) is 17.8. The first-order chi connectivity index (χ1) is 13.7. The number of hydrogen-bond donors (Lipinski definition) is 1. The second kappa shape index (κ2) is 9.65. The Morgan fingerprint density at radius 3 is 2.46 bits per heavy atom. The van der Waals surface area contributed by atoms with Crippen LogP contribution in [-0.4, -0.2) is 25.3 Å². The van der Waals surface area contributed by atoms with E-state index in [0.717, 1.165) is 17.1 Å². The first-order valence-electron chi connectivity index (χ1n) is 9.30. The SMILES string of the molecule is COc1ccc(CNc2ccccn2)cc1OCCOc1ccc(C)c(C)c1. The largest absolute Gasteiger partial charge is 0.493 e. The standard InChI is InChI=1S/C23H26N2O3/c1-17-7-9-20(14-18(17)2)27-12-13-28-22-15-19(8-10-21(22)26-3)16-25-23-6-4-5-11-24-23/h4-11,14-15H,12-13,16H2,1-3H3,(H,24,25). The molecule has 0 aliphatic heterocycles. The second-order valence-corrected chi connectivity index (χ2v) is 6.50. The molecule has 0 fully saturated rings. The number of nitrogens with one attached hydrogen (secondary N) is 1. The van der Waals surface area contributed by atoms with E-state index in [1.807, 2.05) is 48.5 Å². The van der Waals surface area contributed by atoms with Gasteiger partial charge in [0.2, 0.25) is 0 Å². The van der Waals surface area contributed by atoms with Crippen molar-refractivity contribution in [1.82, 2.24) is 4.98 Å². The first-order valence-corrected chi connectivity index (χ1v) is 9.30. The zero-order valence-corrected chi connectivity index (χ0v) is 16.6. The van der Waals surface area contributed by atoms with E-state index >= 15 is 0 Å². The van der Waals surface area contributed by atoms with Crippen molar-refractivity contribution in [2.75, 3.05) is 25.6 Å². The van der Waals surface area contributed by atoms with Crippen molar-refractivity contribution in [3.8, 4) is 17.2 Å². The molecule has 3 aromatic rings. The Morgan fingerprint density at radius 1 is 0.857 bits per heavy atom. The summed E-state index contributed by atoms with van der Waals surface area (Å²) in [5, 5.41) is 3.29. The smallest absolute Gasteiger partial charge is 0.161 e. The van der Waals surface area contributed by atoms with Crippen molar-refractivity contribution in [2.24, 2.45) is 0 Å². The molecular formula is C23H26N2O3. The van der Waals surface area contributed by atoms with E-state index in [4.69, 9.17) is 14.2 Å². The van der Waals surface area contributed by atoms with Crippen molar-refractivity contribution >= 4 is 5.82 Å². The minimum atomic E-state index is 0.431. The van der Waals surface area contributed by atoms with E-state index < -0.39 is 0 Å². The molecule has 5 nitrogen and oxygen atoms in total. The van der Waals surface area contributed by atoms with Crippen LogP contribution in [0.1, 0.15) is 16.7 Å². The number of hydrogen-bond acceptors (Lipinski definition) is 5. The third-order valence-corrected chi connectivity index (χ3v) is 4.45. The highest BCUT2D eigenvalue weighted by Gasteiger charge is 2.07. The van der Waals surface area contributed by atoms with Gasteiger partial charge in [0.15, 0.2) is 11.5 Å². The van der Waals surface area contributed by atoms with Gasteiger partial charge in [0.1, 0.15) is 24.8 Å². The Balaban J connectivity index is 1.55. The molecule has 146 valence electrons. The topological polar surface area (TPSA) is 52.6 Å². The molecular weight excluding hydrogens is 352 g/mol. The molecule has 28 heavy (non-hydrogen) atoms. The number of ether oxygens (including phenoxy) is 3. The van der Waals surface area contributed by atoms with Crippen LogP contribution in [0.15, 0.2) is 60.8 Å². The first kappa shape index (κ1) is 19.5. The Labute approximate surface area is 166 Å². The van der Waals surface area contributed by atoms with Gasteiger partial charge in [-0.2, -0.15) is 0 Å². The van der Waals surface area contributed by atoms with E-state index in [-0.39, 0.29) is 0 Å². The zero-order chi connectivity index (χ0) is 19.8. The maximum atomic E-state index is 5.90. The summed E-state index contributed by atoms with van der Waals surface area (Å²) in [6.45, 7) is 5.71. The zero-order valence-electron chi connectivity index (χ0n) is 16.6. The minimum absolute atomic E-state index is 0.431. The van der Waals surface area contributed by atoms with Crippen molar-refractivity contribution in [3.05, 3.63) is 77.5 Å². The van der Waals surface area contributed by atoms with E-state index in [1.165, 1.54) is 11.1 Å². The molecule has 1 N–H and O–H groups in total. The molecule has 0 aliphatic rings. The Kier molecular flexibility index (Phi) is 6.73. The lowest BCUT2D eigenvalue weighted by molar-refractivity contribution is 0.211. The minimum Gasteiger partial charge on any atom is -0.493 e. The fraction of sp³-hybridized carbons (Fsp3) is 0.261. The van der Waals surface area contributed by atoms with Crippen LogP contribution >= 0.6 is 0 Å². The molecule has 1 aromatic heterocycles. The van der Waals surface area contributed by atoms with Gasteiger partial charge in [-0.25, -0.2) is 4.98 Å². The molecule has 0 bridgehead atoms. The normalized spacial score (nSPS) is 10.4. The van der Waals surface area contributed by atoms with Crippen LogP contribution < -0.4 is 19.5 Å². The number of pyridine rings is 1. The molecule has 0 saturated carbocycles. The molecule has 1 heterocycles. The van der Waals surface area contributed by atoms with Gasteiger partial charge in [0.05, 0.1) is 7.11 Å². The summed E-state index contributed by atoms with van der Waals surface area (Å²) in [5.41, 5.74) is 3.55. The number of methoxy groups -OCH3 is 1. The van der Waals surface area contributed by atoms with E-state index in [2.05, 4.69) is 30.2 Å². The average molecular weight is 378 g/mol. The maximum Gasteiger partial charge on any atom is 0.161 e. The molecule has 0 atom stereocenters. The number of anilines is 1. The highest BCUT2D eigenvalue weighted by Crippen LogP contribution is 2.28. The molecule has 3 rings (SSSR count). The summed E-state index contributed by atoms with van der Waals surface area (Å²) >= 11 is 0. The molecule has 0 saturated heterocycles. The molecule has 0 unspecified atom stereocenters. The Morgan fingerprint density at radius 2 is 1.71 bits per heavy atom. The number of nitrogens with zero attached hydrogens (tertiary/aromatic N) is 1. The van der Waals surface area contributed by atoms with Gasteiger partial charge in [-0.05, 0) is 66.9 Å². The van der Waals surface area contributed by atoms with Gasteiger partial charge in [0.25, 0.3) is 0 Å². The number of aryl methyl sites for hydroxylation is 2. The van der Waals surface area contributed by atoms with Crippen LogP contribution in [-0.2, 0) is 6.54 Å². The van der Waals surface area contributed by atoms with Crippen LogP contribution in [0.3, 0.4) is 0 Å². The quantitative estimate of drug-likeness (QED) is 0.543. The van der Waals surface area contributed by atoms with E-state index in [9.17, 15) is 0 Å². The van der Waals surface area contributed by atoms with Gasteiger partial charge in [-0.15, -0.1) is 0 Å². The number of aromatic nitrogens is 1. The van der Waals surface area contributed by atoms with Crippen molar-refractivity contribution < 1.29 is 14.2 Å². The molecule has 0 amide bonds. The van der Waals surface area contributed by atoms with Gasteiger partial charge >= 0.3 is 0 Å². The van der Waals surface area contributed by atoms with Crippen molar-refractivity contribution in [2.45, 2.75) is 20.4 Å². The molecule has 2 aromatic carbocycles. The van der Waals surface area contributed by atoms with Crippen LogP contribution in [0, 0.1) is 13.8 Å². The van der Waals surface area contributed by atoms with Gasteiger partial charge in [0, 0.05) is 12.7 Å². The fourth-order valence-electron chi connectivity index (χ4n) is 2.72. The van der Waals surface area contributed by atoms with Crippen LogP contribution in [0.2, 0.25) is 0 Å². The predicted molar refractivity (Wildman–Crippen MR) is 111 cm³/mol. The number of benzene rings is 2.